The maximum atomic E-state index is 12.2. The minimum absolute atomic E-state index is 0.0580. The Morgan fingerprint density at radius 1 is 1.17 bits per heavy atom. The van der Waals surface area contributed by atoms with Crippen LogP contribution in [-0.2, 0) is 0 Å². The van der Waals surface area contributed by atoms with Gasteiger partial charge in [-0.1, -0.05) is 23.7 Å². The van der Waals surface area contributed by atoms with Gasteiger partial charge in [0.2, 0.25) is 0 Å². The lowest BCUT2D eigenvalue weighted by atomic mass is 10.1. The number of para-hydroxylation sites is 1. The van der Waals surface area contributed by atoms with Crippen LogP contribution in [0.15, 0.2) is 42.5 Å². The first-order chi connectivity index (χ1) is 11.5. The average Bonchev–Trinajstić information content (AvgIpc) is 2.91. The fourth-order valence-electron chi connectivity index (χ4n) is 2.49. The van der Waals surface area contributed by atoms with Gasteiger partial charge in [-0.25, -0.2) is 4.79 Å². The topological polar surface area (TPSA) is 102 Å². The monoisotopic (exact) mass is 344 g/mol. The number of fused-ring (bicyclic) bond motifs is 1. The molecule has 0 fully saturated rings. The number of aromatic carboxylic acids is 1. The van der Waals surface area contributed by atoms with Gasteiger partial charge in [-0.15, -0.1) is 0 Å². The zero-order valence-corrected chi connectivity index (χ0v) is 13.1. The Bertz CT molecular complexity index is 949. The Hall–Kier alpha value is -2.99. The molecule has 0 amide bonds. The largest absolute Gasteiger partial charge is 0.507 e. The van der Waals surface area contributed by atoms with E-state index in [4.69, 9.17) is 11.6 Å². The molecule has 24 heavy (non-hydrogen) atoms. The highest BCUT2D eigenvalue weighted by molar-refractivity contribution is 6.31. The van der Waals surface area contributed by atoms with Crippen LogP contribution in [0.25, 0.3) is 10.9 Å². The van der Waals surface area contributed by atoms with E-state index >= 15 is 0 Å². The number of benzene rings is 2. The smallest absolute Gasteiger partial charge is 0.354 e. The molecule has 2 aromatic carbocycles. The van der Waals surface area contributed by atoms with Gasteiger partial charge in [0.05, 0.1) is 17.8 Å². The van der Waals surface area contributed by atoms with E-state index in [1.54, 1.807) is 30.3 Å². The lowest BCUT2D eigenvalue weighted by molar-refractivity contribution is 0.0692. The van der Waals surface area contributed by atoms with Crippen molar-refractivity contribution in [2.45, 2.75) is 0 Å². The average molecular weight is 345 g/mol. The number of phenolic OH excluding ortho intramolecular Hbond substituents is 1. The Morgan fingerprint density at radius 2 is 1.92 bits per heavy atom. The third-order valence-corrected chi connectivity index (χ3v) is 3.84. The predicted molar refractivity (Wildman–Crippen MR) is 91.2 cm³/mol. The number of aromatic hydroxyl groups is 1. The van der Waals surface area contributed by atoms with E-state index in [1.807, 2.05) is 0 Å². The fourth-order valence-corrected chi connectivity index (χ4v) is 2.66. The third kappa shape index (κ3) is 2.91. The van der Waals surface area contributed by atoms with Crippen molar-refractivity contribution in [3.05, 3.63) is 58.7 Å². The van der Waals surface area contributed by atoms with Gasteiger partial charge < -0.3 is 20.5 Å². The minimum atomic E-state index is -1.15. The van der Waals surface area contributed by atoms with Crippen LogP contribution in [0, 0.1) is 0 Å². The second kappa shape index (κ2) is 6.25. The number of carboxylic acids is 1. The summed E-state index contributed by atoms with van der Waals surface area (Å²) in [5, 5.41) is 23.0. The van der Waals surface area contributed by atoms with Crippen molar-refractivity contribution >= 4 is 39.9 Å². The number of ketones is 1. The van der Waals surface area contributed by atoms with Gasteiger partial charge in [0.15, 0.2) is 5.78 Å². The SMILES string of the molecule is O=C(CNc1c(C(=O)O)[nH]c2cc(Cl)ccc12)c1ccccc1O. The van der Waals surface area contributed by atoms with Crippen molar-refractivity contribution in [2.75, 3.05) is 11.9 Å². The van der Waals surface area contributed by atoms with Crippen molar-refractivity contribution in [1.29, 1.82) is 0 Å². The molecule has 0 aliphatic rings. The van der Waals surface area contributed by atoms with Gasteiger partial charge in [0.25, 0.3) is 0 Å². The number of H-pyrrole nitrogens is 1. The fraction of sp³-hybridized carbons (Fsp3) is 0.0588. The molecule has 0 radical (unpaired) electrons. The van der Waals surface area contributed by atoms with Gasteiger partial charge in [-0.2, -0.15) is 0 Å². The van der Waals surface area contributed by atoms with E-state index in [1.165, 1.54) is 12.1 Å². The molecule has 6 nitrogen and oxygen atoms in total. The lowest BCUT2D eigenvalue weighted by Gasteiger charge is -2.07. The Balaban J connectivity index is 1.92. The first-order valence-electron chi connectivity index (χ1n) is 7.07. The standard InChI is InChI=1S/C17H13ClN2O4/c18-9-5-6-10-12(7-9)20-16(17(23)24)15(10)19-8-14(22)11-3-1-2-4-13(11)21/h1-7,19-21H,8H2,(H,23,24). The highest BCUT2D eigenvalue weighted by Crippen LogP contribution is 2.30. The molecule has 4 N–H and O–H groups in total. The molecule has 122 valence electrons. The molecule has 0 atom stereocenters. The maximum absolute atomic E-state index is 12.2. The number of halogens is 1. The van der Waals surface area contributed by atoms with Crippen LogP contribution in [-0.4, -0.2) is 33.5 Å². The molecule has 0 saturated heterocycles. The van der Waals surface area contributed by atoms with Crippen molar-refractivity contribution < 1.29 is 19.8 Å². The second-order valence-electron chi connectivity index (χ2n) is 5.16. The molecule has 0 bridgehead atoms. The van der Waals surface area contributed by atoms with Gasteiger partial charge in [0, 0.05) is 15.9 Å². The van der Waals surface area contributed by atoms with Gasteiger partial charge in [-0.05, 0) is 30.3 Å². The summed E-state index contributed by atoms with van der Waals surface area (Å²) in [5.41, 5.74) is 0.970. The van der Waals surface area contributed by atoms with Gasteiger partial charge in [0.1, 0.15) is 11.4 Å². The molecular formula is C17H13ClN2O4. The summed E-state index contributed by atoms with van der Waals surface area (Å²) < 4.78 is 0. The molecule has 3 rings (SSSR count). The summed E-state index contributed by atoms with van der Waals surface area (Å²) in [6.45, 7) is -0.159. The van der Waals surface area contributed by atoms with E-state index in [0.29, 0.717) is 21.6 Å². The number of rotatable bonds is 5. The summed E-state index contributed by atoms with van der Waals surface area (Å²) in [4.78, 5) is 26.4. The Morgan fingerprint density at radius 3 is 2.62 bits per heavy atom. The number of carboxylic acid groups (broad SMARTS) is 1. The van der Waals surface area contributed by atoms with E-state index in [-0.39, 0.29) is 29.3 Å². The van der Waals surface area contributed by atoms with E-state index in [2.05, 4.69) is 10.3 Å². The number of aromatic amines is 1. The van der Waals surface area contributed by atoms with Crippen LogP contribution < -0.4 is 5.32 Å². The van der Waals surface area contributed by atoms with Crippen molar-refractivity contribution in [3.8, 4) is 5.75 Å². The normalized spacial score (nSPS) is 10.7. The third-order valence-electron chi connectivity index (χ3n) is 3.60. The molecule has 7 heteroatoms. The summed E-state index contributed by atoms with van der Waals surface area (Å²) >= 11 is 5.92. The number of nitrogens with one attached hydrogen (secondary N) is 2. The van der Waals surface area contributed by atoms with Crippen molar-refractivity contribution in [2.24, 2.45) is 0 Å². The van der Waals surface area contributed by atoms with Crippen LogP contribution in [0.1, 0.15) is 20.8 Å². The number of phenols is 1. The summed E-state index contributed by atoms with van der Waals surface area (Å²) in [5.74, 6) is -1.62. The van der Waals surface area contributed by atoms with E-state index in [9.17, 15) is 19.8 Å². The van der Waals surface area contributed by atoms with Crippen LogP contribution in [0.2, 0.25) is 5.02 Å². The zero-order valence-electron chi connectivity index (χ0n) is 12.3. The number of carbonyl (C=O) groups excluding carboxylic acids is 1. The van der Waals surface area contributed by atoms with Gasteiger partial charge >= 0.3 is 5.97 Å². The van der Waals surface area contributed by atoms with Crippen LogP contribution >= 0.6 is 11.6 Å². The number of anilines is 1. The molecule has 3 aromatic rings. The molecule has 0 saturated carbocycles. The van der Waals surface area contributed by atoms with Crippen LogP contribution in [0.5, 0.6) is 5.75 Å². The van der Waals surface area contributed by atoms with Crippen molar-refractivity contribution in [1.82, 2.24) is 4.98 Å². The Labute approximate surface area is 141 Å². The number of aromatic nitrogens is 1. The summed E-state index contributed by atoms with van der Waals surface area (Å²) in [7, 11) is 0. The second-order valence-corrected chi connectivity index (χ2v) is 5.60. The quantitative estimate of drug-likeness (QED) is 0.530. The molecule has 0 unspecified atom stereocenters. The zero-order chi connectivity index (χ0) is 17.3. The summed E-state index contributed by atoms with van der Waals surface area (Å²) in [6.07, 6.45) is 0. The van der Waals surface area contributed by atoms with Crippen LogP contribution in [0.3, 0.4) is 0 Å². The number of carbonyl (C=O) groups is 2. The molecular weight excluding hydrogens is 332 g/mol. The van der Waals surface area contributed by atoms with E-state index in [0.717, 1.165) is 0 Å². The number of Topliss-reactive ketones (excluding diaryl/α,β-unsaturated/α-hetero) is 1. The molecule has 0 spiro atoms. The van der Waals surface area contributed by atoms with Crippen LogP contribution in [0.4, 0.5) is 5.69 Å². The lowest BCUT2D eigenvalue weighted by Crippen LogP contribution is -2.15. The molecule has 1 aromatic heterocycles. The number of hydrogen-bond acceptors (Lipinski definition) is 4. The first kappa shape index (κ1) is 15.9. The maximum Gasteiger partial charge on any atom is 0.354 e. The molecule has 0 aliphatic carbocycles. The number of hydrogen-bond donors (Lipinski definition) is 4. The predicted octanol–water partition coefficient (Wildman–Crippen LogP) is 3.52. The Kier molecular flexibility index (Phi) is 4.14. The summed E-state index contributed by atoms with van der Waals surface area (Å²) in [6, 6.07) is 11.1. The highest BCUT2D eigenvalue weighted by Gasteiger charge is 2.19. The highest BCUT2D eigenvalue weighted by atomic mass is 35.5. The van der Waals surface area contributed by atoms with E-state index < -0.39 is 5.97 Å². The first-order valence-corrected chi connectivity index (χ1v) is 7.44. The minimum Gasteiger partial charge on any atom is -0.507 e. The molecule has 0 aliphatic heterocycles. The van der Waals surface area contributed by atoms with Crippen molar-refractivity contribution in [3.63, 3.8) is 0 Å². The molecule has 1 heterocycles. The van der Waals surface area contributed by atoms with Gasteiger partial charge in [-0.3, -0.25) is 4.79 Å².